The summed E-state index contributed by atoms with van der Waals surface area (Å²) in [5.41, 5.74) is 2.52. The number of carbonyl (C=O) groups is 2. The zero-order valence-corrected chi connectivity index (χ0v) is 15.7. The molecule has 2 fully saturated rings. The number of amides is 2. The summed E-state index contributed by atoms with van der Waals surface area (Å²) in [7, 11) is 0. The van der Waals surface area contributed by atoms with Gasteiger partial charge in [-0.2, -0.15) is 0 Å². The van der Waals surface area contributed by atoms with E-state index < -0.39 is 0 Å². The van der Waals surface area contributed by atoms with Crippen LogP contribution in [0.15, 0.2) is 36.7 Å². The van der Waals surface area contributed by atoms with Crippen molar-refractivity contribution in [2.24, 2.45) is 0 Å². The zero-order valence-electron chi connectivity index (χ0n) is 15.7. The third kappa shape index (κ3) is 4.02. The molecule has 0 aliphatic carbocycles. The summed E-state index contributed by atoms with van der Waals surface area (Å²) in [6.07, 6.45) is 3.20. The van der Waals surface area contributed by atoms with E-state index in [1.54, 1.807) is 36.7 Å². The van der Waals surface area contributed by atoms with E-state index in [-0.39, 0.29) is 11.8 Å². The molecular weight excluding hydrogens is 356 g/mol. The molecule has 0 bridgehead atoms. The number of rotatable bonds is 3. The van der Waals surface area contributed by atoms with Gasteiger partial charge in [0, 0.05) is 64.8 Å². The molecule has 2 aromatic rings. The lowest BCUT2D eigenvalue weighted by Gasteiger charge is -2.27. The van der Waals surface area contributed by atoms with Crippen molar-refractivity contribution in [3.05, 3.63) is 47.8 Å². The predicted octanol–water partition coefficient (Wildman–Crippen LogP) is 0.234. The molecule has 0 unspecified atom stereocenters. The van der Waals surface area contributed by atoms with Gasteiger partial charge in [0.15, 0.2) is 0 Å². The minimum absolute atomic E-state index is 0.00507. The highest BCUT2D eigenvalue weighted by atomic mass is 16.2. The number of piperazine rings is 2. The number of hydrogen-bond donors (Lipinski definition) is 2. The SMILES string of the molecule is O=C(c1ccc(-c2ccc(C(=O)N3CCNCC3)cn2)nc1)N1CCNCC1. The molecule has 0 spiro atoms. The highest BCUT2D eigenvalue weighted by molar-refractivity contribution is 5.95. The fourth-order valence-electron chi connectivity index (χ4n) is 3.44. The molecular formula is C20H24N6O2. The van der Waals surface area contributed by atoms with E-state index in [1.165, 1.54) is 0 Å². The van der Waals surface area contributed by atoms with Crippen LogP contribution in [0.25, 0.3) is 11.4 Å². The van der Waals surface area contributed by atoms with Crippen LogP contribution in [-0.2, 0) is 0 Å². The molecule has 2 aromatic heterocycles. The Balaban J connectivity index is 1.44. The number of nitrogens with one attached hydrogen (secondary N) is 2. The Morgan fingerprint density at radius 1 is 0.679 bits per heavy atom. The lowest BCUT2D eigenvalue weighted by Crippen LogP contribution is -2.46. The smallest absolute Gasteiger partial charge is 0.255 e. The third-order valence-corrected chi connectivity index (χ3v) is 5.09. The summed E-state index contributed by atoms with van der Waals surface area (Å²) < 4.78 is 0. The molecule has 8 heteroatoms. The maximum atomic E-state index is 12.5. The minimum atomic E-state index is 0.00507. The highest BCUT2D eigenvalue weighted by Gasteiger charge is 2.19. The van der Waals surface area contributed by atoms with Crippen LogP contribution < -0.4 is 10.6 Å². The van der Waals surface area contributed by atoms with Crippen molar-refractivity contribution in [1.29, 1.82) is 0 Å². The fourth-order valence-corrected chi connectivity index (χ4v) is 3.44. The minimum Gasteiger partial charge on any atom is -0.336 e. The fraction of sp³-hybridized carbons (Fsp3) is 0.400. The first-order valence-electron chi connectivity index (χ1n) is 9.65. The number of nitrogens with zero attached hydrogens (tertiary/aromatic N) is 4. The van der Waals surface area contributed by atoms with E-state index in [0.717, 1.165) is 26.2 Å². The van der Waals surface area contributed by atoms with E-state index >= 15 is 0 Å². The van der Waals surface area contributed by atoms with Gasteiger partial charge < -0.3 is 20.4 Å². The van der Waals surface area contributed by atoms with Gasteiger partial charge in [-0.25, -0.2) is 0 Å². The number of hydrogen-bond acceptors (Lipinski definition) is 6. The zero-order chi connectivity index (χ0) is 19.3. The molecule has 4 heterocycles. The van der Waals surface area contributed by atoms with Crippen LogP contribution in [0.3, 0.4) is 0 Å². The molecule has 4 rings (SSSR count). The van der Waals surface area contributed by atoms with Crippen LogP contribution in [0.5, 0.6) is 0 Å². The molecule has 146 valence electrons. The van der Waals surface area contributed by atoms with Gasteiger partial charge in [-0.15, -0.1) is 0 Å². The Bertz CT molecular complexity index is 753. The van der Waals surface area contributed by atoms with E-state index in [9.17, 15) is 9.59 Å². The van der Waals surface area contributed by atoms with E-state index in [2.05, 4.69) is 20.6 Å². The molecule has 2 aliphatic heterocycles. The topological polar surface area (TPSA) is 90.5 Å². The van der Waals surface area contributed by atoms with Crippen molar-refractivity contribution in [1.82, 2.24) is 30.4 Å². The molecule has 2 saturated heterocycles. The van der Waals surface area contributed by atoms with Crippen molar-refractivity contribution >= 4 is 11.8 Å². The molecule has 28 heavy (non-hydrogen) atoms. The van der Waals surface area contributed by atoms with Gasteiger partial charge in [-0.3, -0.25) is 19.6 Å². The quantitative estimate of drug-likeness (QED) is 0.793. The summed E-state index contributed by atoms with van der Waals surface area (Å²) in [5.74, 6) is 0.0101. The first-order chi connectivity index (χ1) is 13.7. The second-order valence-corrected chi connectivity index (χ2v) is 6.95. The molecule has 2 amide bonds. The normalized spacial score (nSPS) is 17.4. The molecule has 0 aromatic carbocycles. The Kier molecular flexibility index (Phi) is 5.59. The van der Waals surface area contributed by atoms with Gasteiger partial charge in [-0.05, 0) is 24.3 Å². The van der Waals surface area contributed by atoms with Gasteiger partial charge in [0.05, 0.1) is 22.5 Å². The van der Waals surface area contributed by atoms with Crippen LogP contribution in [-0.4, -0.2) is 83.9 Å². The van der Waals surface area contributed by atoms with Crippen LogP contribution in [0.2, 0.25) is 0 Å². The Morgan fingerprint density at radius 3 is 1.39 bits per heavy atom. The lowest BCUT2D eigenvalue weighted by molar-refractivity contribution is 0.0728. The third-order valence-electron chi connectivity index (χ3n) is 5.09. The van der Waals surface area contributed by atoms with E-state index in [0.29, 0.717) is 48.7 Å². The summed E-state index contributed by atoms with van der Waals surface area (Å²) in [6.45, 7) is 6.13. The lowest BCUT2D eigenvalue weighted by atomic mass is 10.1. The number of aromatic nitrogens is 2. The van der Waals surface area contributed by atoms with Gasteiger partial charge in [0.2, 0.25) is 0 Å². The van der Waals surface area contributed by atoms with Gasteiger partial charge >= 0.3 is 0 Å². The van der Waals surface area contributed by atoms with Crippen molar-refractivity contribution in [2.75, 3.05) is 52.4 Å². The average Bonchev–Trinajstić information content (AvgIpc) is 2.79. The first-order valence-corrected chi connectivity index (χ1v) is 9.65. The van der Waals surface area contributed by atoms with Crippen molar-refractivity contribution in [2.45, 2.75) is 0 Å². The maximum absolute atomic E-state index is 12.5. The second kappa shape index (κ2) is 8.45. The monoisotopic (exact) mass is 380 g/mol. The molecule has 2 N–H and O–H groups in total. The Labute approximate surface area is 164 Å². The summed E-state index contributed by atoms with van der Waals surface area (Å²) >= 11 is 0. The second-order valence-electron chi connectivity index (χ2n) is 6.95. The highest BCUT2D eigenvalue weighted by Crippen LogP contribution is 2.17. The number of carbonyl (C=O) groups excluding carboxylic acids is 2. The molecule has 2 aliphatic rings. The Morgan fingerprint density at radius 2 is 1.07 bits per heavy atom. The largest absolute Gasteiger partial charge is 0.336 e. The van der Waals surface area contributed by atoms with Crippen LogP contribution in [0.4, 0.5) is 0 Å². The molecule has 0 saturated carbocycles. The average molecular weight is 380 g/mol. The molecule has 8 nitrogen and oxygen atoms in total. The van der Waals surface area contributed by atoms with Gasteiger partial charge in [-0.1, -0.05) is 0 Å². The van der Waals surface area contributed by atoms with Crippen LogP contribution in [0, 0.1) is 0 Å². The first kappa shape index (κ1) is 18.5. The van der Waals surface area contributed by atoms with Gasteiger partial charge in [0.25, 0.3) is 11.8 Å². The number of pyridine rings is 2. The van der Waals surface area contributed by atoms with Crippen LogP contribution in [0.1, 0.15) is 20.7 Å². The van der Waals surface area contributed by atoms with Gasteiger partial charge in [0.1, 0.15) is 0 Å². The standard InChI is InChI=1S/C20H24N6O2/c27-19(25-9-5-21-6-10-25)15-1-3-17(23-13-15)18-4-2-16(14-24-18)20(28)26-11-7-22-8-12-26/h1-4,13-14,21-22H,5-12H2. The van der Waals surface area contributed by atoms with Crippen molar-refractivity contribution < 1.29 is 9.59 Å². The van der Waals surface area contributed by atoms with Crippen molar-refractivity contribution in [3.63, 3.8) is 0 Å². The Hall–Kier alpha value is -2.84. The van der Waals surface area contributed by atoms with E-state index in [1.807, 2.05) is 9.80 Å². The summed E-state index contributed by atoms with van der Waals surface area (Å²) in [4.78, 5) is 37.5. The van der Waals surface area contributed by atoms with Crippen LogP contribution >= 0.6 is 0 Å². The molecule has 0 radical (unpaired) electrons. The van der Waals surface area contributed by atoms with Crippen molar-refractivity contribution in [3.8, 4) is 11.4 Å². The summed E-state index contributed by atoms with van der Waals surface area (Å²) in [5, 5.41) is 6.47. The molecule has 0 atom stereocenters. The summed E-state index contributed by atoms with van der Waals surface area (Å²) in [6, 6.07) is 7.17. The predicted molar refractivity (Wildman–Crippen MR) is 105 cm³/mol. The van der Waals surface area contributed by atoms with E-state index in [4.69, 9.17) is 0 Å². The maximum Gasteiger partial charge on any atom is 0.255 e.